The van der Waals surface area contributed by atoms with Crippen molar-refractivity contribution in [3.63, 3.8) is 0 Å². The monoisotopic (exact) mass is 226 g/mol. The summed E-state index contributed by atoms with van der Waals surface area (Å²) in [5.74, 6) is 0.187. The van der Waals surface area contributed by atoms with Crippen molar-refractivity contribution in [2.45, 2.75) is 44.8 Å². The Bertz CT molecular complexity index is 262. The van der Waals surface area contributed by atoms with E-state index in [0.29, 0.717) is 0 Å². The van der Waals surface area contributed by atoms with E-state index in [2.05, 4.69) is 10.6 Å². The highest BCUT2D eigenvalue weighted by Gasteiger charge is 2.39. The fraction of sp³-hybridized carbons (Fsp3) is 0.917. The molecular formula is C12H22N2O2. The van der Waals surface area contributed by atoms with Crippen LogP contribution in [-0.2, 0) is 9.53 Å². The normalized spacial score (nSPS) is 38.9. The van der Waals surface area contributed by atoms with Crippen LogP contribution in [0, 0.1) is 5.41 Å². The average Bonchev–Trinajstić information content (AvgIpc) is 2.87. The molecule has 16 heavy (non-hydrogen) atoms. The van der Waals surface area contributed by atoms with E-state index in [0.717, 1.165) is 38.8 Å². The summed E-state index contributed by atoms with van der Waals surface area (Å²) in [6.45, 7) is 3.78. The predicted molar refractivity (Wildman–Crippen MR) is 62.2 cm³/mol. The standard InChI is InChI=1S/C12H22N2O2/c1-12(6-7-13-8-12)11(15)14-9-4-3-5-10(9)16-2/h9-10,13H,3-8H2,1-2H3,(H,14,15). The van der Waals surface area contributed by atoms with Crippen LogP contribution in [0.25, 0.3) is 0 Å². The van der Waals surface area contributed by atoms with Gasteiger partial charge in [0.25, 0.3) is 0 Å². The second-order valence-corrected chi connectivity index (χ2v) is 5.27. The van der Waals surface area contributed by atoms with Crippen molar-refractivity contribution in [1.29, 1.82) is 0 Å². The number of rotatable bonds is 3. The van der Waals surface area contributed by atoms with Gasteiger partial charge < -0.3 is 15.4 Å². The maximum Gasteiger partial charge on any atom is 0.227 e. The van der Waals surface area contributed by atoms with E-state index >= 15 is 0 Å². The summed E-state index contributed by atoms with van der Waals surface area (Å²) in [5.41, 5.74) is -0.221. The van der Waals surface area contributed by atoms with Crippen LogP contribution in [0.15, 0.2) is 0 Å². The maximum absolute atomic E-state index is 12.2. The molecule has 0 spiro atoms. The van der Waals surface area contributed by atoms with Crippen molar-refractivity contribution in [2.24, 2.45) is 5.41 Å². The highest BCUT2D eigenvalue weighted by Crippen LogP contribution is 2.27. The third-order valence-corrected chi connectivity index (χ3v) is 3.99. The first kappa shape index (κ1) is 11.9. The van der Waals surface area contributed by atoms with E-state index in [1.165, 1.54) is 0 Å². The smallest absolute Gasteiger partial charge is 0.227 e. The van der Waals surface area contributed by atoms with E-state index in [1.807, 2.05) is 6.92 Å². The third-order valence-electron chi connectivity index (χ3n) is 3.99. The molecule has 0 aromatic rings. The Morgan fingerprint density at radius 1 is 1.50 bits per heavy atom. The molecule has 3 atom stereocenters. The first-order valence-electron chi connectivity index (χ1n) is 6.20. The van der Waals surface area contributed by atoms with Crippen LogP contribution in [-0.4, -0.2) is 38.3 Å². The van der Waals surface area contributed by atoms with Crippen molar-refractivity contribution in [1.82, 2.24) is 10.6 Å². The summed E-state index contributed by atoms with van der Waals surface area (Å²) >= 11 is 0. The second kappa shape index (κ2) is 4.72. The summed E-state index contributed by atoms with van der Waals surface area (Å²) < 4.78 is 5.39. The Labute approximate surface area is 97.1 Å². The van der Waals surface area contributed by atoms with Gasteiger partial charge in [0, 0.05) is 13.7 Å². The zero-order valence-electron chi connectivity index (χ0n) is 10.2. The average molecular weight is 226 g/mol. The van der Waals surface area contributed by atoms with Crippen molar-refractivity contribution in [3.05, 3.63) is 0 Å². The van der Waals surface area contributed by atoms with Crippen LogP contribution in [0.5, 0.6) is 0 Å². The molecule has 4 heteroatoms. The molecule has 1 saturated heterocycles. The number of hydrogen-bond donors (Lipinski definition) is 2. The Hall–Kier alpha value is -0.610. The lowest BCUT2D eigenvalue weighted by Gasteiger charge is -2.26. The van der Waals surface area contributed by atoms with E-state index in [-0.39, 0.29) is 23.5 Å². The van der Waals surface area contributed by atoms with Crippen LogP contribution < -0.4 is 10.6 Å². The molecule has 4 nitrogen and oxygen atoms in total. The minimum Gasteiger partial charge on any atom is -0.379 e. The summed E-state index contributed by atoms with van der Waals surface area (Å²) in [4.78, 5) is 12.2. The van der Waals surface area contributed by atoms with Crippen molar-refractivity contribution in [2.75, 3.05) is 20.2 Å². The van der Waals surface area contributed by atoms with Crippen LogP contribution in [0.2, 0.25) is 0 Å². The van der Waals surface area contributed by atoms with Gasteiger partial charge in [0.2, 0.25) is 5.91 Å². The van der Waals surface area contributed by atoms with Gasteiger partial charge in [-0.2, -0.15) is 0 Å². The molecule has 3 unspecified atom stereocenters. The second-order valence-electron chi connectivity index (χ2n) is 5.27. The summed E-state index contributed by atoms with van der Waals surface area (Å²) in [5, 5.41) is 6.41. The molecule has 2 fully saturated rings. The highest BCUT2D eigenvalue weighted by molar-refractivity contribution is 5.83. The lowest BCUT2D eigenvalue weighted by molar-refractivity contribution is -0.130. The topological polar surface area (TPSA) is 50.4 Å². The van der Waals surface area contributed by atoms with Crippen molar-refractivity contribution in [3.8, 4) is 0 Å². The highest BCUT2D eigenvalue weighted by atomic mass is 16.5. The molecule has 1 amide bonds. The molecule has 1 aliphatic heterocycles. The Morgan fingerprint density at radius 3 is 2.94 bits per heavy atom. The van der Waals surface area contributed by atoms with Gasteiger partial charge >= 0.3 is 0 Å². The van der Waals surface area contributed by atoms with E-state index in [9.17, 15) is 4.79 Å². The number of hydrogen-bond acceptors (Lipinski definition) is 3. The zero-order chi connectivity index (χ0) is 11.6. The summed E-state index contributed by atoms with van der Waals surface area (Å²) in [6.07, 6.45) is 4.41. The lowest BCUT2D eigenvalue weighted by atomic mass is 9.88. The van der Waals surface area contributed by atoms with Gasteiger partial charge in [-0.15, -0.1) is 0 Å². The van der Waals surface area contributed by atoms with E-state index in [1.54, 1.807) is 7.11 Å². The first-order valence-corrected chi connectivity index (χ1v) is 6.20. The summed E-state index contributed by atoms with van der Waals surface area (Å²) in [6, 6.07) is 0.218. The fourth-order valence-electron chi connectivity index (χ4n) is 2.73. The van der Waals surface area contributed by atoms with Gasteiger partial charge in [0.05, 0.1) is 17.6 Å². The van der Waals surface area contributed by atoms with Crippen molar-refractivity contribution < 1.29 is 9.53 Å². The minimum atomic E-state index is -0.221. The molecule has 92 valence electrons. The van der Waals surface area contributed by atoms with Gasteiger partial charge in [0.15, 0.2) is 0 Å². The van der Waals surface area contributed by atoms with Crippen LogP contribution in [0.3, 0.4) is 0 Å². The maximum atomic E-state index is 12.2. The molecule has 0 aromatic carbocycles. The summed E-state index contributed by atoms with van der Waals surface area (Å²) in [7, 11) is 1.73. The number of amides is 1. The molecule has 0 bridgehead atoms. The van der Waals surface area contributed by atoms with Crippen molar-refractivity contribution >= 4 is 5.91 Å². The van der Waals surface area contributed by atoms with Gasteiger partial charge in [-0.1, -0.05) is 0 Å². The molecule has 2 N–H and O–H groups in total. The van der Waals surface area contributed by atoms with Gasteiger partial charge in [-0.05, 0) is 39.2 Å². The van der Waals surface area contributed by atoms with E-state index in [4.69, 9.17) is 4.74 Å². The minimum absolute atomic E-state index is 0.187. The largest absolute Gasteiger partial charge is 0.379 e. The van der Waals surface area contributed by atoms with Gasteiger partial charge in [-0.3, -0.25) is 4.79 Å². The number of ether oxygens (including phenoxy) is 1. The Morgan fingerprint density at radius 2 is 2.31 bits per heavy atom. The molecule has 1 saturated carbocycles. The van der Waals surface area contributed by atoms with Gasteiger partial charge in [-0.25, -0.2) is 0 Å². The fourth-order valence-corrected chi connectivity index (χ4v) is 2.73. The molecule has 2 aliphatic rings. The predicted octanol–water partition coefficient (Wildman–Crippen LogP) is 0.670. The van der Waals surface area contributed by atoms with Crippen LogP contribution in [0.1, 0.15) is 32.6 Å². The Balaban J connectivity index is 1.91. The van der Waals surface area contributed by atoms with Crippen LogP contribution in [0.4, 0.5) is 0 Å². The van der Waals surface area contributed by atoms with Crippen LogP contribution >= 0.6 is 0 Å². The SMILES string of the molecule is COC1CCCC1NC(=O)C1(C)CCNC1. The molecular weight excluding hydrogens is 204 g/mol. The molecule has 1 heterocycles. The number of carbonyl (C=O) groups is 1. The zero-order valence-corrected chi connectivity index (χ0v) is 10.2. The van der Waals surface area contributed by atoms with E-state index < -0.39 is 0 Å². The quantitative estimate of drug-likeness (QED) is 0.743. The molecule has 1 aliphatic carbocycles. The number of nitrogens with one attached hydrogen (secondary N) is 2. The molecule has 0 radical (unpaired) electrons. The number of methoxy groups -OCH3 is 1. The third kappa shape index (κ3) is 2.23. The Kier molecular flexibility index (Phi) is 3.50. The molecule has 2 rings (SSSR count). The molecule has 0 aromatic heterocycles. The number of carbonyl (C=O) groups excluding carboxylic acids is 1. The first-order chi connectivity index (χ1) is 7.65. The lowest BCUT2D eigenvalue weighted by Crippen LogP contribution is -2.48. The van der Waals surface area contributed by atoms with Gasteiger partial charge in [0.1, 0.15) is 0 Å².